The van der Waals surface area contributed by atoms with E-state index in [4.69, 9.17) is 0 Å². The zero-order valence-corrected chi connectivity index (χ0v) is 11.3. The molecule has 1 aliphatic rings. The Balaban J connectivity index is 1.95. The monoisotopic (exact) mass is 246 g/mol. The molecule has 0 radical (unpaired) electrons. The van der Waals surface area contributed by atoms with Crippen molar-refractivity contribution in [3.05, 3.63) is 29.8 Å². The number of carbonyl (C=O) groups is 1. The molecule has 0 aliphatic heterocycles. The average molecular weight is 246 g/mol. The van der Waals surface area contributed by atoms with E-state index in [-0.39, 0.29) is 11.8 Å². The number of benzene rings is 1. The molecule has 1 fully saturated rings. The van der Waals surface area contributed by atoms with Gasteiger partial charge in [0.25, 0.3) is 0 Å². The molecule has 0 heterocycles. The molecule has 1 amide bonds. The molecule has 0 unspecified atom stereocenters. The van der Waals surface area contributed by atoms with Crippen molar-refractivity contribution in [3.8, 4) is 0 Å². The van der Waals surface area contributed by atoms with Crippen molar-refractivity contribution in [2.45, 2.75) is 32.2 Å². The van der Waals surface area contributed by atoms with E-state index in [1.54, 1.807) is 0 Å². The summed E-state index contributed by atoms with van der Waals surface area (Å²) in [6.45, 7) is 0.629. The Morgan fingerprint density at radius 2 is 1.94 bits per heavy atom. The van der Waals surface area contributed by atoms with Crippen molar-refractivity contribution >= 4 is 11.6 Å². The number of amides is 1. The van der Waals surface area contributed by atoms with Gasteiger partial charge in [-0.3, -0.25) is 4.79 Å². The molecule has 0 aromatic heterocycles. The number of nitrogens with one attached hydrogen (secondary N) is 1. The van der Waals surface area contributed by atoms with Gasteiger partial charge in [-0.25, -0.2) is 0 Å². The quantitative estimate of drug-likeness (QED) is 0.885. The third-order valence-corrected chi connectivity index (χ3v) is 3.65. The van der Waals surface area contributed by atoms with Crippen LogP contribution in [0.25, 0.3) is 0 Å². The van der Waals surface area contributed by atoms with E-state index in [1.807, 2.05) is 26.2 Å². The van der Waals surface area contributed by atoms with Gasteiger partial charge in [0.2, 0.25) is 5.91 Å². The number of para-hydroxylation sites is 1. The lowest BCUT2D eigenvalue weighted by molar-refractivity contribution is -0.124. The zero-order chi connectivity index (χ0) is 13.0. The predicted octanol–water partition coefficient (Wildman–Crippen LogP) is 2.56. The molecular weight excluding hydrogens is 224 g/mol. The number of carbonyl (C=O) groups excluding carboxylic acids is 1. The Morgan fingerprint density at radius 1 is 1.28 bits per heavy atom. The van der Waals surface area contributed by atoms with Gasteiger partial charge < -0.3 is 10.2 Å². The molecule has 1 N–H and O–H groups in total. The van der Waals surface area contributed by atoms with Crippen molar-refractivity contribution in [3.63, 3.8) is 0 Å². The topological polar surface area (TPSA) is 32.3 Å². The fourth-order valence-corrected chi connectivity index (χ4v) is 2.61. The summed E-state index contributed by atoms with van der Waals surface area (Å²) in [5.41, 5.74) is 2.35. The number of nitrogens with zero attached hydrogens (tertiary/aromatic N) is 1. The molecule has 0 saturated heterocycles. The highest BCUT2D eigenvalue weighted by Crippen LogP contribution is 2.25. The van der Waals surface area contributed by atoms with E-state index in [2.05, 4.69) is 22.3 Å². The highest BCUT2D eigenvalue weighted by atomic mass is 16.1. The largest absolute Gasteiger partial charge is 0.377 e. The lowest BCUT2D eigenvalue weighted by Gasteiger charge is -2.18. The number of hydrogen-bond acceptors (Lipinski definition) is 2. The first kappa shape index (κ1) is 12.9. The van der Waals surface area contributed by atoms with Crippen molar-refractivity contribution in [2.75, 3.05) is 19.0 Å². The second kappa shape index (κ2) is 5.89. The molecule has 1 aliphatic carbocycles. The fraction of sp³-hybridized carbons (Fsp3) is 0.533. The van der Waals surface area contributed by atoms with Crippen LogP contribution < -0.4 is 10.2 Å². The fourth-order valence-electron chi connectivity index (χ4n) is 2.61. The summed E-state index contributed by atoms with van der Waals surface area (Å²) in [7, 11) is 4.05. The van der Waals surface area contributed by atoms with Gasteiger partial charge in [-0.1, -0.05) is 31.0 Å². The molecule has 2 rings (SSSR count). The molecule has 3 nitrogen and oxygen atoms in total. The maximum absolute atomic E-state index is 12.0. The Morgan fingerprint density at radius 3 is 2.61 bits per heavy atom. The maximum atomic E-state index is 12.0. The summed E-state index contributed by atoms with van der Waals surface area (Å²) in [4.78, 5) is 14.1. The van der Waals surface area contributed by atoms with Crippen molar-refractivity contribution in [1.29, 1.82) is 0 Å². The number of anilines is 1. The standard InChI is InChI=1S/C15H22N2O/c1-17(2)14-10-6-5-9-13(14)11-16-15(18)12-7-3-4-8-12/h5-6,9-10,12H,3-4,7-8,11H2,1-2H3,(H,16,18). The third kappa shape index (κ3) is 3.03. The van der Waals surface area contributed by atoms with Gasteiger partial charge >= 0.3 is 0 Å². The van der Waals surface area contributed by atoms with Gasteiger partial charge in [-0.15, -0.1) is 0 Å². The van der Waals surface area contributed by atoms with Gasteiger partial charge in [0.1, 0.15) is 0 Å². The van der Waals surface area contributed by atoms with Crippen LogP contribution in [0.15, 0.2) is 24.3 Å². The zero-order valence-electron chi connectivity index (χ0n) is 11.3. The van der Waals surface area contributed by atoms with Crippen LogP contribution in [0.5, 0.6) is 0 Å². The Kier molecular flexibility index (Phi) is 4.24. The van der Waals surface area contributed by atoms with Gasteiger partial charge in [0.05, 0.1) is 0 Å². The summed E-state index contributed by atoms with van der Waals surface area (Å²) in [6.07, 6.45) is 4.51. The van der Waals surface area contributed by atoms with Crippen LogP contribution in [0.1, 0.15) is 31.2 Å². The number of rotatable bonds is 4. The highest BCUT2D eigenvalue weighted by Gasteiger charge is 2.22. The highest BCUT2D eigenvalue weighted by molar-refractivity contribution is 5.79. The lowest BCUT2D eigenvalue weighted by Crippen LogP contribution is -2.29. The summed E-state index contributed by atoms with van der Waals surface area (Å²) in [6, 6.07) is 8.20. The molecule has 18 heavy (non-hydrogen) atoms. The Hall–Kier alpha value is -1.51. The van der Waals surface area contributed by atoms with E-state index < -0.39 is 0 Å². The SMILES string of the molecule is CN(C)c1ccccc1CNC(=O)C1CCCC1. The minimum Gasteiger partial charge on any atom is -0.377 e. The first-order valence-electron chi connectivity index (χ1n) is 6.71. The lowest BCUT2D eigenvalue weighted by atomic mass is 10.1. The predicted molar refractivity (Wildman–Crippen MR) is 74.6 cm³/mol. The van der Waals surface area contributed by atoms with Crippen molar-refractivity contribution < 1.29 is 4.79 Å². The average Bonchev–Trinajstić information content (AvgIpc) is 2.90. The Labute approximate surface area is 109 Å². The van der Waals surface area contributed by atoms with E-state index in [9.17, 15) is 4.79 Å². The summed E-state index contributed by atoms with van der Waals surface area (Å²) < 4.78 is 0. The minimum absolute atomic E-state index is 0.223. The molecule has 1 aromatic rings. The second-order valence-corrected chi connectivity index (χ2v) is 5.22. The van der Waals surface area contributed by atoms with E-state index in [0.29, 0.717) is 6.54 Å². The van der Waals surface area contributed by atoms with Gasteiger partial charge in [-0.05, 0) is 24.5 Å². The first-order chi connectivity index (χ1) is 8.68. The molecule has 0 atom stereocenters. The molecule has 1 aromatic carbocycles. The third-order valence-electron chi connectivity index (χ3n) is 3.65. The van der Waals surface area contributed by atoms with E-state index in [1.165, 1.54) is 24.1 Å². The molecule has 1 saturated carbocycles. The van der Waals surface area contributed by atoms with Gasteiger partial charge in [0, 0.05) is 32.2 Å². The van der Waals surface area contributed by atoms with Gasteiger partial charge in [0.15, 0.2) is 0 Å². The molecule has 3 heteroatoms. The second-order valence-electron chi connectivity index (χ2n) is 5.22. The van der Waals surface area contributed by atoms with Crippen LogP contribution in [0.3, 0.4) is 0 Å². The van der Waals surface area contributed by atoms with E-state index in [0.717, 1.165) is 12.8 Å². The first-order valence-corrected chi connectivity index (χ1v) is 6.71. The van der Waals surface area contributed by atoms with Crippen LogP contribution in [0.4, 0.5) is 5.69 Å². The van der Waals surface area contributed by atoms with Crippen LogP contribution in [0.2, 0.25) is 0 Å². The molecular formula is C15H22N2O. The maximum Gasteiger partial charge on any atom is 0.223 e. The van der Waals surface area contributed by atoms with E-state index >= 15 is 0 Å². The molecule has 0 bridgehead atoms. The number of hydrogen-bond donors (Lipinski definition) is 1. The van der Waals surface area contributed by atoms with Crippen LogP contribution in [0, 0.1) is 5.92 Å². The van der Waals surface area contributed by atoms with Crippen molar-refractivity contribution in [2.24, 2.45) is 5.92 Å². The smallest absolute Gasteiger partial charge is 0.223 e. The minimum atomic E-state index is 0.223. The van der Waals surface area contributed by atoms with Crippen molar-refractivity contribution in [1.82, 2.24) is 5.32 Å². The van der Waals surface area contributed by atoms with Crippen LogP contribution >= 0.6 is 0 Å². The van der Waals surface area contributed by atoms with Gasteiger partial charge in [-0.2, -0.15) is 0 Å². The summed E-state index contributed by atoms with van der Waals surface area (Å²) in [5.74, 6) is 0.470. The normalized spacial score (nSPS) is 15.7. The summed E-state index contributed by atoms with van der Waals surface area (Å²) in [5, 5.41) is 3.07. The van der Waals surface area contributed by atoms with Crippen LogP contribution in [-0.2, 0) is 11.3 Å². The Bertz CT molecular complexity index is 409. The van der Waals surface area contributed by atoms with Crippen LogP contribution in [-0.4, -0.2) is 20.0 Å². The summed E-state index contributed by atoms with van der Waals surface area (Å²) >= 11 is 0. The molecule has 0 spiro atoms. The molecule has 98 valence electrons.